The number of hydrogen-bond acceptors (Lipinski definition) is 3. The van der Waals surface area contributed by atoms with E-state index in [0.29, 0.717) is 16.4 Å². The topological polar surface area (TPSA) is 72.2 Å². The molecule has 18 heavy (non-hydrogen) atoms. The summed E-state index contributed by atoms with van der Waals surface area (Å²) >= 11 is 5.73. The van der Waals surface area contributed by atoms with Gasteiger partial charge in [-0.25, -0.2) is 8.42 Å². The van der Waals surface area contributed by atoms with E-state index >= 15 is 0 Å². The molecule has 0 fully saturated rings. The van der Waals surface area contributed by atoms with Crippen molar-refractivity contribution in [1.29, 1.82) is 0 Å². The summed E-state index contributed by atoms with van der Waals surface area (Å²) in [5.74, 6) is 0. The van der Waals surface area contributed by atoms with Gasteiger partial charge in [0.15, 0.2) is 0 Å². The number of hydrogen-bond donors (Lipinski definition) is 2. The molecular formula is C12H11ClN2O2S. The van der Waals surface area contributed by atoms with Gasteiger partial charge in [0.2, 0.25) is 0 Å². The summed E-state index contributed by atoms with van der Waals surface area (Å²) in [5, 5.41) is 0.543. The van der Waals surface area contributed by atoms with E-state index in [9.17, 15) is 8.42 Å². The number of anilines is 2. The Morgan fingerprint density at radius 3 is 2.33 bits per heavy atom. The van der Waals surface area contributed by atoms with Gasteiger partial charge in [0.25, 0.3) is 10.0 Å². The molecule has 0 unspecified atom stereocenters. The SMILES string of the molecule is Nc1cccc(S(=O)(=O)Nc2ccc(Cl)cc2)c1. The van der Waals surface area contributed by atoms with E-state index in [4.69, 9.17) is 17.3 Å². The highest BCUT2D eigenvalue weighted by atomic mass is 35.5. The largest absolute Gasteiger partial charge is 0.399 e. The van der Waals surface area contributed by atoms with Crippen molar-refractivity contribution in [1.82, 2.24) is 0 Å². The molecule has 0 aliphatic carbocycles. The number of nitrogen functional groups attached to an aromatic ring is 1. The molecular weight excluding hydrogens is 272 g/mol. The Hall–Kier alpha value is -1.72. The molecule has 2 rings (SSSR count). The lowest BCUT2D eigenvalue weighted by Gasteiger charge is -2.08. The minimum Gasteiger partial charge on any atom is -0.399 e. The molecule has 0 heterocycles. The molecule has 0 amide bonds. The van der Waals surface area contributed by atoms with Crippen LogP contribution in [-0.4, -0.2) is 8.42 Å². The standard InChI is InChI=1S/C12H11ClN2O2S/c13-9-4-6-11(7-5-9)15-18(16,17)12-3-1-2-10(14)8-12/h1-8,15H,14H2. The summed E-state index contributed by atoms with van der Waals surface area (Å²) in [7, 11) is -3.62. The van der Waals surface area contributed by atoms with Gasteiger partial charge in [-0.05, 0) is 42.5 Å². The normalized spacial score (nSPS) is 11.2. The highest BCUT2D eigenvalue weighted by Crippen LogP contribution is 2.19. The van der Waals surface area contributed by atoms with Gasteiger partial charge in [0, 0.05) is 16.4 Å². The Labute approximate surface area is 110 Å². The summed E-state index contributed by atoms with van der Waals surface area (Å²) in [6.07, 6.45) is 0. The molecule has 94 valence electrons. The van der Waals surface area contributed by atoms with E-state index in [1.165, 1.54) is 12.1 Å². The third kappa shape index (κ3) is 2.94. The first-order valence-electron chi connectivity index (χ1n) is 5.11. The molecule has 0 spiro atoms. The molecule has 6 heteroatoms. The van der Waals surface area contributed by atoms with Crippen LogP contribution in [0.15, 0.2) is 53.4 Å². The molecule has 0 radical (unpaired) electrons. The second-order valence-electron chi connectivity index (χ2n) is 3.68. The maximum Gasteiger partial charge on any atom is 0.261 e. The van der Waals surface area contributed by atoms with Gasteiger partial charge in [-0.15, -0.1) is 0 Å². The van der Waals surface area contributed by atoms with Crippen LogP contribution in [0.5, 0.6) is 0 Å². The molecule has 2 aromatic carbocycles. The predicted molar refractivity (Wildman–Crippen MR) is 73.1 cm³/mol. The Morgan fingerprint density at radius 1 is 1.06 bits per heavy atom. The van der Waals surface area contributed by atoms with Crippen LogP contribution in [0.4, 0.5) is 11.4 Å². The van der Waals surface area contributed by atoms with Crippen molar-refractivity contribution in [2.75, 3.05) is 10.5 Å². The average Bonchev–Trinajstić information content (AvgIpc) is 2.32. The van der Waals surface area contributed by atoms with Crippen molar-refractivity contribution in [2.45, 2.75) is 4.90 Å². The molecule has 0 aliphatic rings. The van der Waals surface area contributed by atoms with E-state index in [1.54, 1.807) is 36.4 Å². The van der Waals surface area contributed by atoms with Crippen molar-refractivity contribution in [3.05, 3.63) is 53.6 Å². The third-order valence-electron chi connectivity index (χ3n) is 2.26. The van der Waals surface area contributed by atoms with Gasteiger partial charge in [0.05, 0.1) is 4.90 Å². The highest BCUT2D eigenvalue weighted by molar-refractivity contribution is 7.92. The molecule has 2 aromatic rings. The first kappa shape index (κ1) is 12.7. The fourth-order valence-electron chi connectivity index (χ4n) is 1.41. The van der Waals surface area contributed by atoms with E-state index in [0.717, 1.165) is 0 Å². The van der Waals surface area contributed by atoms with Gasteiger partial charge in [-0.3, -0.25) is 4.72 Å². The van der Waals surface area contributed by atoms with Crippen LogP contribution in [0, 0.1) is 0 Å². The summed E-state index contributed by atoms with van der Waals surface area (Å²) in [4.78, 5) is 0.123. The van der Waals surface area contributed by atoms with E-state index in [1.807, 2.05) is 0 Å². The van der Waals surface area contributed by atoms with Gasteiger partial charge in [-0.1, -0.05) is 17.7 Å². The predicted octanol–water partition coefficient (Wildman–Crippen LogP) is 2.72. The van der Waals surface area contributed by atoms with Crippen LogP contribution in [0.3, 0.4) is 0 Å². The van der Waals surface area contributed by atoms with E-state index < -0.39 is 10.0 Å². The zero-order valence-corrected chi connectivity index (χ0v) is 10.9. The maximum absolute atomic E-state index is 12.0. The smallest absolute Gasteiger partial charge is 0.261 e. The maximum atomic E-state index is 12.0. The lowest BCUT2D eigenvalue weighted by Crippen LogP contribution is -2.13. The minimum absolute atomic E-state index is 0.123. The number of nitrogens with two attached hydrogens (primary N) is 1. The average molecular weight is 283 g/mol. The monoisotopic (exact) mass is 282 g/mol. The van der Waals surface area contributed by atoms with Gasteiger partial charge >= 0.3 is 0 Å². The number of rotatable bonds is 3. The number of sulfonamides is 1. The van der Waals surface area contributed by atoms with Crippen molar-refractivity contribution >= 4 is 33.0 Å². The summed E-state index contributed by atoms with van der Waals surface area (Å²) in [6, 6.07) is 12.5. The first-order valence-corrected chi connectivity index (χ1v) is 6.97. The fraction of sp³-hybridized carbons (Fsp3) is 0. The van der Waals surface area contributed by atoms with E-state index in [2.05, 4.69) is 4.72 Å². The first-order chi connectivity index (χ1) is 8.47. The molecule has 0 atom stereocenters. The van der Waals surface area contributed by atoms with Crippen LogP contribution in [0.1, 0.15) is 0 Å². The van der Waals surface area contributed by atoms with Crippen LogP contribution in [0.25, 0.3) is 0 Å². The van der Waals surface area contributed by atoms with Crippen LogP contribution in [0.2, 0.25) is 5.02 Å². The number of halogens is 1. The second-order valence-corrected chi connectivity index (χ2v) is 5.80. The molecule has 0 bridgehead atoms. The van der Waals surface area contributed by atoms with Crippen molar-refractivity contribution in [3.63, 3.8) is 0 Å². The fourth-order valence-corrected chi connectivity index (χ4v) is 2.65. The zero-order chi connectivity index (χ0) is 13.2. The lowest BCUT2D eigenvalue weighted by atomic mass is 10.3. The quantitative estimate of drug-likeness (QED) is 0.850. The van der Waals surface area contributed by atoms with Gasteiger partial charge in [0.1, 0.15) is 0 Å². The summed E-state index contributed by atoms with van der Waals surface area (Å²) in [5.41, 5.74) is 6.40. The molecule has 0 aliphatic heterocycles. The van der Waals surface area contributed by atoms with Crippen LogP contribution in [-0.2, 0) is 10.0 Å². The Bertz CT molecular complexity index is 654. The van der Waals surface area contributed by atoms with Gasteiger partial charge < -0.3 is 5.73 Å². The van der Waals surface area contributed by atoms with Crippen molar-refractivity contribution in [3.8, 4) is 0 Å². The molecule has 0 saturated heterocycles. The Kier molecular flexibility index (Phi) is 3.45. The third-order valence-corrected chi connectivity index (χ3v) is 3.90. The van der Waals surface area contributed by atoms with Crippen LogP contribution < -0.4 is 10.5 Å². The minimum atomic E-state index is -3.62. The van der Waals surface area contributed by atoms with Crippen LogP contribution >= 0.6 is 11.6 Å². The summed E-state index contributed by atoms with van der Waals surface area (Å²) < 4.78 is 26.5. The Balaban J connectivity index is 2.30. The molecule has 3 N–H and O–H groups in total. The zero-order valence-electron chi connectivity index (χ0n) is 9.30. The van der Waals surface area contributed by atoms with Crippen molar-refractivity contribution in [2.24, 2.45) is 0 Å². The van der Waals surface area contributed by atoms with Gasteiger partial charge in [-0.2, -0.15) is 0 Å². The van der Waals surface area contributed by atoms with E-state index in [-0.39, 0.29) is 4.90 Å². The number of benzene rings is 2. The lowest BCUT2D eigenvalue weighted by molar-refractivity contribution is 0.601. The second kappa shape index (κ2) is 4.88. The number of nitrogens with one attached hydrogen (secondary N) is 1. The molecule has 0 saturated carbocycles. The highest BCUT2D eigenvalue weighted by Gasteiger charge is 2.13. The molecule has 4 nitrogen and oxygen atoms in total. The Morgan fingerprint density at radius 2 is 1.72 bits per heavy atom. The molecule has 0 aromatic heterocycles. The van der Waals surface area contributed by atoms with Crippen molar-refractivity contribution < 1.29 is 8.42 Å². The summed E-state index contributed by atoms with van der Waals surface area (Å²) in [6.45, 7) is 0.